The Morgan fingerprint density at radius 1 is 1.09 bits per heavy atom. The molecule has 0 bridgehead atoms. The summed E-state index contributed by atoms with van der Waals surface area (Å²) in [6.45, 7) is 1.16. The zero-order chi connectivity index (χ0) is 15.6. The first-order chi connectivity index (χ1) is 10.6. The van der Waals surface area contributed by atoms with Gasteiger partial charge in [-0.05, 0) is 56.1 Å². The Balaban J connectivity index is 1.99. The van der Waals surface area contributed by atoms with Crippen LogP contribution in [0.3, 0.4) is 0 Å². The highest BCUT2D eigenvalue weighted by Crippen LogP contribution is 2.35. The van der Waals surface area contributed by atoms with Crippen molar-refractivity contribution in [3.05, 3.63) is 70.7 Å². The molecule has 0 amide bonds. The first-order valence-corrected chi connectivity index (χ1v) is 8.28. The number of hydrogen-bond acceptors (Lipinski definition) is 2. The number of rotatable bonds is 4. The Morgan fingerprint density at radius 3 is 2.32 bits per heavy atom. The van der Waals surface area contributed by atoms with Crippen molar-refractivity contribution in [2.24, 2.45) is 5.73 Å². The molecule has 2 nitrogen and oxygen atoms in total. The molecule has 116 valence electrons. The van der Waals surface area contributed by atoms with Gasteiger partial charge in [-0.1, -0.05) is 54.1 Å². The molecule has 1 fully saturated rings. The van der Waals surface area contributed by atoms with Gasteiger partial charge in [0.15, 0.2) is 0 Å². The van der Waals surface area contributed by atoms with E-state index in [4.69, 9.17) is 17.3 Å². The van der Waals surface area contributed by atoms with Gasteiger partial charge in [-0.3, -0.25) is 0 Å². The van der Waals surface area contributed by atoms with Crippen molar-refractivity contribution in [3.63, 3.8) is 0 Å². The van der Waals surface area contributed by atoms with Crippen molar-refractivity contribution in [2.45, 2.75) is 30.8 Å². The van der Waals surface area contributed by atoms with Gasteiger partial charge in [0.1, 0.15) is 0 Å². The van der Waals surface area contributed by atoms with Crippen molar-refractivity contribution < 1.29 is 0 Å². The van der Waals surface area contributed by atoms with E-state index in [0.717, 1.165) is 29.1 Å². The number of benzene rings is 2. The lowest BCUT2D eigenvalue weighted by Crippen LogP contribution is -2.43. The predicted molar refractivity (Wildman–Crippen MR) is 93.1 cm³/mol. The van der Waals surface area contributed by atoms with E-state index in [1.54, 1.807) is 0 Å². The summed E-state index contributed by atoms with van der Waals surface area (Å²) in [5.74, 6) is 0. The van der Waals surface area contributed by atoms with E-state index in [0.29, 0.717) is 6.04 Å². The van der Waals surface area contributed by atoms with Gasteiger partial charge < -0.3 is 10.6 Å². The van der Waals surface area contributed by atoms with Gasteiger partial charge in [-0.2, -0.15) is 0 Å². The topological polar surface area (TPSA) is 29.3 Å². The number of likely N-dealkylation sites (tertiary alicyclic amines) is 1. The summed E-state index contributed by atoms with van der Waals surface area (Å²) in [5, 5.41) is 0.747. The Morgan fingerprint density at radius 2 is 1.73 bits per heavy atom. The van der Waals surface area contributed by atoms with Crippen LogP contribution in [0.2, 0.25) is 5.02 Å². The van der Waals surface area contributed by atoms with Crippen molar-refractivity contribution in [1.82, 2.24) is 4.90 Å². The second-order valence-electron chi connectivity index (χ2n) is 6.33. The molecular formula is C19H23ClN2. The molecule has 0 spiro atoms. The smallest absolute Gasteiger partial charge is 0.0680 e. The van der Waals surface area contributed by atoms with E-state index in [-0.39, 0.29) is 0 Å². The lowest BCUT2D eigenvalue weighted by Gasteiger charge is -2.35. The first-order valence-electron chi connectivity index (χ1n) is 7.90. The highest BCUT2D eigenvalue weighted by Gasteiger charge is 2.35. The zero-order valence-electron chi connectivity index (χ0n) is 13.0. The number of nitrogens with two attached hydrogens (primary N) is 1. The minimum atomic E-state index is -0.477. The number of nitrogens with zero attached hydrogens (tertiary/aromatic N) is 1. The second kappa shape index (κ2) is 6.41. The molecule has 3 rings (SSSR count). The summed E-state index contributed by atoms with van der Waals surface area (Å²) < 4.78 is 0. The number of halogens is 1. The fraction of sp³-hybridized carbons (Fsp3) is 0.368. The standard InChI is InChI=1S/C19H23ClN2/c1-22-13-5-8-18(22)14-19(21,15-6-3-2-4-7-15)16-9-11-17(20)12-10-16/h2-4,6-7,9-12,18H,5,8,13-14,21H2,1H3. The van der Waals surface area contributed by atoms with Crippen LogP contribution in [-0.4, -0.2) is 24.5 Å². The van der Waals surface area contributed by atoms with E-state index < -0.39 is 5.54 Å². The van der Waals surface area contributed by atoms with Crippen LogP contribution in [0.25, 0.3) is 0 Å². The zero-order valence-corrected chi connectivity index (χ0v) is 13.8. The monoisotopic (exact) mass is 314 g/mol. The molecule has 2 aromatic carbocycles. The van der Waals surface area contributed by atoms with Crippen molar-refractivity contribution in [3.8, 4) is 0 Å². The largest absolute Gasteiger partial charge is 0.318 e. The summed E-state index contributed by atoms with van der Waals surface area (Å²) in [7, 11) is 2.20. The Bertz CT molecular complexity index is 611. The average Bonchev–Trinajstić information content (AvgIpc) is 2.93. The molecule has 2 atom stereocenters. The van der Waals surface area contributed by atoms with E-state index in [1.807, 2.05) is 18.2 Å². The van der Waals surface area contributed by atoms with Crippen LogP contribution in [0, 0.1) is 0 Å². The Labute approximate surface area is 137 Å². The van der Waals surface area contributed by atoms with Crippen LogP contribution in [0.15, 0.2) is 54.6 Å². The minimum absolute atomic E-state index is 0.477. The van der Waals surface area contributed by atoms with E-state index in [1.165, 1.54) is 12.8 Å². The lowest BCUT2D eigenvalue weighted by atomic mass is 9.78. The van der Waals surface area contributed by atoms with Gasteiger partial charge in [0.2, 0.25) is 0 Å². The van der Waals surface area contributed by atoms with Gasteiger partial charge in [0.05, 0.1) is 5.54 Å². The SMILES string of the molecule is CN1CCCC1CC(N)(c1ccccc1)c1ccc(Cl)cc1. The molecule has 1 aliphatic rings. The molecule has 0 saturated carbocycles. The maximum atomic E-state index is 6.96. The predicted octanol–water partition coefficient (Wildman–Crippen LogP) is 4.03. The highest BCUT2D eigenvalue weighted by molar-refractivity contribution is 6.30. The van der Waals surface area contributed by atoms with E-state index in [9.17, 15) is 0 Å². The molecule has 22 heavy (non-hydrogen) atoms. The van der Waals surface area contributed by atoms with Gasteiger partial charge in [0, 0.05) is 11.1 Å². The summed E-state index contributed by atoms with van der Waals surface area (Å²) in [5.41, 5.74) is 8.78. The molecule has 2 aromatic rings. The van der Waals surface area contributed by atoms with E-state index >= 15 is 0 Å². The molecule has 0 radical (unpaired) electrons. The molecule has 0 aromatic heterocycles. The van der Waals surface area contributed by atoms with Crippen molar-refractivity contribution >= 4 is 11.6 Å². The molecule has 2 N–H and O–H groups in total. The van der Waals surface area contributed by atoms with Crippen LogP contribution in [0.4, 0.5) is 0 Å². The first kappa shape index (κ1) is 15.5. The summed E-state index contributed by atoms with van der Waals surface area (Å²) in [6, 6.07) is 18.9. The quantitative estimate of drug-likeness (QED) is 0.923. The molecule has 2 unspecified atom stereocenters. The van der Waals surface area contributed by atoms with Crippen molar-refractivity contribution in [1.29, 1.82) is 0 Å². The Kier molecular flexibility index (Phi) is 4.53. The molecular weight excluding hydrogens is 292 g/mol. The van der Waals surface area contributed by atoms with Crippen LogP contribution in [-0.2, 0) is 5.54 Å². The van der Waals surface area contributed by atoms with Gasteiger partial charge >= 0.3 is 0 Å². The van der Waals surface area contributed by atoms with Crippen LogP contribution in [0.1, 0.15) is 30.4 Å². The van der Waals surface area contributed by atoms with Crippen LogP contribution >= 0.6 is 11.6 Å². The maximum absolute atomic E-state index is 6.96. The Hall–Kier alpha value is -1.35. The van der Waals surface area contributed by atoms with Crippen molar-refractivity contribution in [2.75, 3.05) is 13.6 Å². The van der Waals surface area contributed by atoms with E-state index in [2.05, 4.69) is 48.3 Å². The number of hydrogen-bond donors (Lipinski definition) is 1. The maximum Gasteiger partial charge on any atom is 0.0680 e. The normalized spacial score (nSPS) is 21.7. The molecule has 1 saturated heterocycles. The fourth-order valence-corrected chi connectivity index (χ4v) is 3.62. The summed E-state index contributed by atoms with van der Waals surface area (Å²) in [6.07, 6.45) is 3.40. The highest BCUT2D eigenvalue weighted by atomic mass is 35.5. The molecule has 1 aliphatic heterocycles. The average molecular weight is 315 g/mol. The third-order valence-corrected chi connectivity index (χ3v) is 5.13. The fourth-order valence-electron chi connectivity index (χ4n) is 3.49. The van der Waals surface area contributed by atoms with Gasteiger partial charge in [-0.15, -0.1) is 0 Å². The van der Waals surface area contributed by atoms with Gasteiger partial charge in [-0.25, -0.2) is 0 Å². The summed E-state index contributed by atoms with van der Waals surface area (Å²) >= 11 is 6.05. The third-order valence-electron chi connectivity index (χ3n) is 4.88. The van der Waals surface area contributed by atoms with Crippen LogP contribution in [0.5, 0.6) is 0 Å². The lowest BCUT2D eigenvalue weighted by molar-refractivity contribution is 0.257. The summed E-state index contributed by atoms with van der Waals surface area (Å²) in [4.78, 5) is 2.43. The molecule has 0 aliphatic carbocycles. The third kappa shape index (κ3) is 3.05. The molecule has 3 heteroatoms. The molecule has 1 heterocycles. The minimum Gasteiger partial charge on any atom is -0.318 e. The van der Waals surface area contributed by atoms with Crippen LogP contribution < -0.4 is 5.73 Å². The van der Waals surface area contributed by atoms with Gasteiger partial charge in [0.25, 0.3) is 0 Å². The second-order valence-corrected chi connectivity index (χ2v) is 6.76.